The van der Waals surface area contributed by atoms with Crippen molar-refractivity contribution in [1.82, 2.24) is 9.97 Å². The highest BCUT2D eigenvalue weighted by atomic mass is 32.2. The summed E-state index contributed by atoms with van der Waals surface area (Å²) in [5.74, 6) is 0.261. The molecule has 0 aliphatic carbocycles. The van der Waals surface area contributed by atoms with Crippen molar-refractivity contribution >= 4 is 34.4 Å². The molecule has 0 aliphatic rings. The standard InChI is InChI=1S/C11H11F3N2S3/c1-3-7-4-15-10(19-7)17-5-8-9(11(12,13)14)16-6(2)18-8/h4H,3,5H2,1-2H3. The molecule has 0 radical (unpaired) electrons. The highest BCUT2D eigenvalue weighted by Gasteiger charge is 2.36. The number of aromatic nitrogens is 2. The summed E-state index contributed by atoms with van der Waals surface area (Å²) in [6.45, 7) is 3.61. The molecule has 8 heteroatoms. The van der Waals surface area contributed by atoms with Gasteiger partial charge < -0.3 is 0 Å². The Morgan fingerprint density at radius 1 is 1.32 bits per heavy atom. The predicted molar refractivity (Wildman–Crippen MR) is 72.9 cm³/mol. The molecular formula is C11H11F3N2S3. The maximum absolute atomic E-state index is 12.8. The first kappa shape index (κ1) is 14.8. The molecule has 0 unspecified atom stereocenters. The van der Waals surface area contributed by atoms with E-state index in [9.17, 15) is 13.2 Å². The van der Waals surface area contributed by atoms with Crippen LogP contribution in [0.15, 0.2) is 10.5 Å². The molecule has 2 rings (SSSR count). The Morgan fingerprint density at radius 3 is 2.63 bits per heavy atom. The van der Waals surface area contributed by atoms with Crippen LogP contribution in [-0.2, 0) is 18.3 Å². The van der Waals surface area contributed by atoms with E-state index in [4.69, 9.17) is 0 Å². The molecule has 0 saturated heterocycles. The van der Waals surface area contributed by atoms with E-state index in [1.54, 1.807) is 13.1 Å². The number of rotatable bonds is 4. The third-order valence-electron chi connectivity index (χ3n) is 2.28. The van der Waals surface area contributed by atoms with Crippen LogP contribution in [0.2, 0.25) is 0 Å². The van der Waals surface area contributed by atoms with Gasteiger partial charge >= 0.3 is 6.18 Å². The van der Waals surface area contributed by atoms with E-state index in [0.717, 1.165) is 27.0 Å². The fourth-order valence-electron chi connectivity index (χ4n) is 1.44. The van der Waals surface area contributed by atoms with Gasteiger partial charge in [-0.3, -0.25) is 0 Å². The second-order valence-electron chi connectivity index (χ2n) is 3.74. The lowest BCUT2D eigenvalue weighted by Crippen LogP contribution is -2.08. The molecule has 0 aromatic carbocycles. The second kappa shape index (κ2) is 5.80. The lowest BCUT2D eigenvalue weighted by atomic mass is 10.4. The normalized spacial score (nSPS) is 12.1. The summed E-state index contributed by atoms with van der Waals surface area (Å²) in [5.41, 5.74) is -0.755. The number of aryl methyl sites for hydroxylation is 2. The van der Waals surface area contributed by atoms with Crippen molar-refractivity contribution in [2.45, 2.75) is 36.5 Å². The van der Waals surface area contributed by atoms with Crippen LogP contribution in [0.4, 0.5) is 13.2 Å². The minimum atomic E-state index is -4.38. The molecule has 0 N–H and O–H groups in total. The molecule has 0 amide bonds. The lowest BCUT2D eigenvalue weighted by Gasteiger charge is -2.04. The van der Waals surface area contributed by atoms with Crippen LogP contribution >= 0.6 is 34.4 Å². The molecule has 19 heavy (non-hydrogen) atoms. The highest BCUT2D eigenvalue weighted by Crippen LogP contribution is 2.37. The monoisotopic (exact) mass is 324 g/mol. The first-order chi connectivity index (χ1) is 8.90. The zero-order valence-corrected chi connectivity index (χ0v) is 12.7. The summed E-state index contributed by atoms with van der Waals surface area (Å²) >= 11 is 3.96. The molecule has 2 heterocycles. The molecule has 2 aromatic heterocycles. The third kappa shape index (κ3) is 3.70. The zero-order chi connectivity index (χ0) is 14.0. The van der Waals surface area contributed by atoms with Gasteiger partial charge in [0.25, 0.3) is 0 Å². The smallest absolute Gasteiger partial charge is 0.238 e. The predicted octanol–water partition coefficient (Wildman–Crippen LogP) is 4.78. The zero-order valence-electron chi connectivity index (χ0n) is 10.2. The summed E-state index contributed by atoms with van der Waals surface area (Å²) in [7, 11) is 0. The van der Waals surface area contributed by atoms with Crippen molar-refractivity contribution in [3.05, 3.63) is 26.7 Å². The summed E-state index contributed by atoms with van der Waals surface area (Å²) in [5, 5.41) is 0.441. The average Bonchev–Trinajstić information content (AvgIpc) is 2.91. The highest BCUT2D eigenvalue weighted by molar-refractivity contribution is 8.00. The fraction of sp³-hybridized carbons (Fsp3) is 0.455. The summed E-state index contributed by atoms with van der Waals surface area (Å²) in [6.07, 6.45) is -1.71. The largest absolute Gasteiger partial charge is 0.434 e. The van der Waals surface area contributed by atoms with E-state index < -0.39 is 11.9 Å². The van der Waals surface area contributed by atoms with Gasteiger partial charge in [0, 0.05) is 21.7 Å². The first-order valence-electron chi connectivity index (χ1n) is 5.51. The van der Waals surface area contributed by atoms with Crippen molar-refractivity contribution in [1.29, 1.82) is 0 Å². The van der Waals surface area contributed by atoms with E-state index >= 15 is 0 Å². The number of halogens is 3. The molecule has 0 aliphatic heterocycles. The van der Waals surface area contributed by atoms with E-state index in [1.807, 2.05) is 6.92 Å². The molecule has 2 nitrogen and oxygen atoms in total. The number of hydrogen-bond donors (Lipinski definition) is 0. The molecule has 0 bridgehead atoms. The summed E-state index contributed by atoms with van der Waals surface area (Å²) in [4.78, 5) is 9.17. The van der Waals surface area contributed by atoms with Crippen LogP contribution in [0, 0.1) is 6.92 Å². The summed E-state index contributed by atoms with van der Waals surface area (Å²) < 4.78 is 39.1. The number of hydrogen-bond acceptors (Lipinski definition) is 5. The van der Waals surface area contributed by atoms with Crippen LogP contribution in [0.25, 0.3) is 0 Å². The van der Waals surface area contributed by atoms with Crippen LogP contribution in [0.5, 0.6) is 0 Å². The second-order valence-corrected chi connectivity index (χ2v) is 7.36. The minimum absolute atomic E-state index is 0.261. The van der Waals surface area contributed by atoms with Crippen LogP contribution in [-0.4, -0.2) is 9.97 Å². The van der Waals surface area contributed by atoms with Gasteiger partial charge in [-0.15, -0.1) is 22.7 Å². The van der Waals surface area contributed by atoms with E-state index in [0.29, 0.717) is 5.01 Å². The number of thiazole rings is 2. The fourth-order valence-corrected chi connectivity index (χ4v) is 4.43. The van der Waals surface area contributed by atoms with Crippen molar-refractivity contribution in [3.8, 4) is 0 Å². The van der Waals surface area contributed by atoms with Crippen molar-refractivity contribution in [2.24, 2.45) is 0 Å². The van der Waals surface area contributed by atoms with Gasteiger partial charge in [-0.1, -0.05) is 18.7 Å². The maximum atomic E-state index is 12.8. The SMILES string of the molecule is CCc1cnc(SCc2sc(C)nc2C(F)(F)F)s1. The average molecular weight is 324 g/mol. The topological polar surface area (TPSA) is 25.8 Å². The Labute approximate surface area is 121 Å². The number of alkyl halides is 3. The molecule has 0 fully saturated rings. The van der Waals surface area contributed by atoms with Crippen LogP contribution in [0.1, 0.15) is 27.4 Å². The minimum Gasteiger partial charge on any atom is -0.238 e. The molecule has 0 atom stereocenters. The molecule has 0 spiro atoms. The molecule has 104 valence electrons. The van der Waals surface area contributed by atoms with Gasteiger partial charge in [-0.25, -0.2) is 9.97 Å². The lowest BCUT2D eigenvalue weighted by molar-refractivity contribution is -0.141. The van der Waals surface area contributed by atoms with Gasteiger partial charge in [0.2, 0.25) is 0 Å². The molecular weight excluding hydrogens is 313 g/mol. The van der Waals surface area contributed by atoms with Gasteiger partial charge in [0.05, 0.1) is 5.01 Å². The van der Waals surface area contributed by atoms with Crippen LogP contribution in [0.3, 0.4) is 0 Å². The molecule has 0 saturated carbocycles. The summed E-state index contributed by atoms with van der Waals surface area (Å²) in [6, 6.07) is 0. The van der Waals surface area contributed by atoms with Crippen LogP contribution < -0.4 is 0 Å². The Morgan fingerprint density at radius 2 is 2.05 bits per heavy atom. The Hall–Kier alpha value is -0.600. The van der Waals surface area contributed by atoms with Crippen molar-refractivity contribution in [3.63, 3.8) is 0 Å². The Bertz CT molecular complexity index is 560. The van der Waals surface area contributed by atoms with E-state index in [2.05, 4.69) is 9.97 Å². The van der Waals surface area contributed by atoms with Gasteiger partial charge in [-0.05, 0) is 13.3 Å². The Kier molecular flexibility index (Phi) is 4.52. The van der Waals surface area contributed by atoms with E-state index in [-0.39, 0.29) is 10.6 Å². The van der Waals surface area contributed by atoms with Gasteiger partial charge in [0.15, 0.2) is 5.69 Å². The van der Waals surface area contributed by atoms with Crippen molar-refractivity contribution < 1.29 is 13.2 Å². The maximum Gasteiger partial charge on any atom is 0.434 e. The Balaban J connectivity index is 2.11. The quantitative estimate of drug-likeness (QED) is 0.757. The third-order valence-corrected chi connectivity index (χ3v) is 5.76. The molecule has 2 aromatic rings. The number of nitrogens with zero attached hydrogens (tertiary/aromatic N) is 2. The van der Waals surface area contributed by atoms with Gasteiger partial charge in [0.1, 0.15) is 4.34 Å². The van der Waals surface area contributed by atoms with E-state index in [1.165, 1.54) is 23.1 Å². The number of thioether (sulfide) groups is 1. The van der Waals surface area contributed by atoms with Crippen molar-refractivity contribution in [2.75, 3.05) is 0 Å². The first-order valence-corrected chi connectivity index (χ1v) is 8.13. The van der Waals surface area contributed by atoms with Gasteiger partial charge in [-0.2, -0.15) is 13.2 Å².